The highest BCUT2D eigenvalue weighted by Gasteiger charge is 2.32. The Balaban J connectivity index is 2.27. The number of nitrogens with one attached hydrogen (secondary N) is 1. The van der Waals surface area contributed by atoms with Crippen LogP contribution in [-0.2, 0) is 5.41 Å². The van der Waals surface area contributed by atoms with E-state index in [2.05, 4.69) is 69.4 Å². The Morgan fingerprint density at radius 2 is 1.22 bits per heavy atom. The SMILES string of the molecule is Cc1ccc2c(c1)C(C)(C)c1cc(C)ccc1N2. The van der Waals surface area contributed by atoms with Gasteiger partial charge in [0.25, 0.3) is 0 Å². The standard InChI is InChI=1S/C17H19N/c1-11-5-7-15-13(9-11)17(3,4)14-10-12(2)6-8-16(14)18-15/h5-10,18H,1-4H3. The average molecular weight is 237 g/mol. The summed E-state index contributed by atoms with van der Waals surface area (Å²) in [5.74, 6) is 0. The molecule has 0 aliphatic carbocycles. The molecule has 1 aliphatic rings. The first-order chi connectivity index (χ1) is 8.48. The van der Waals surface area contributed by atoms with Crippen molar-refractivity contribution in [2.24, 2.45) is 0 Å². The molecule has 0 bridgehead atoms. The van der Waals surface area contributed by atoms with Crippen molar-refractivity contribution in [2.75, 3.05) is 5.32 Å². The normalized spacial score (nSPS) is 15.6. The summed E-state index contributed by atoms with van der Waals surface area (Å²) in [5, 5.41) is 3.55. The van der Waals surface area contributed by atoms with Crippen LogP contribution >= 0.6 is 0 Å². The van der Waals surface area contributed by atoms with E-state index in [1.807, 2.05) is 0 Å². The predicted octanol–water partition coefficient (Wildman–Crippen LogP) is 4.69. The number of benzene rings is 2. The van der Waals surface area contributed by atoms with Gasteiger partial charge in [-0.2, -0.15) is 0 Å². The molecule has 0 amide bonds. The molecule has 0 saturated carbocycles. The molecule has 18 heavy (non-hydrogen) atoms. The van der Waals surface area contributed by atoms with Crippen LogP contribution in [0.5, 0.6) is 0 Å². The zero-order valence-electron chi connectivity index (χ0n) is 11.5. The van der Waals surface area contributed by atoms with Crippen molar-refractivity contribution in [2.45, 2.75) is 33.1 Å². The van der Waals surface area contributed by atoms with Gasteiger partial charge < -0.3 is 5.32 Å². The first-order valence-corrected chi connectivity index (χ1v) is 6.48. The van der Waals surface area contributed by atoms with E-state index >= 15 is 0 Å². The lowest BCUT2D eigenvalue weighted by Crippen LogP contribution is -2.26. The summed E-state index contributed by atoms with van der Waals surface area (Å²) in [6, 6.07) is 13.3. The van der Waals surface area contributed by atoms with Gasteiger partial charge in [0.1, 0.15) is 0 Å². The predicted molar refractivity (Wildman–Crippen MR) is 77.8 cm³/mol. The maximum atomic E-state index is 3.55. The van der Waals surface area contributed by atoms with Crippen molar-refractivity contribution < 1.29 is 0 Å². The molecular formula is C17H19N. The molecule has 1 N–H and O–H groups in total. The fraction of sp³-hybridized carbons (Fsp3) is 0.294. The Morgan fingerprint density at radius 1 is 0.778 bits per heavy atom. The third kappa shape index (κ3) is 1.54. The summed E-state index contributed by atoms with van der Waals surface area (Å²) in [5.41, 5.74) is 7.96. The van der Waals surface area contributed by atoms with Gasteiger partial charge in [0.2, 0.25) is 0 Å². The fourth-order valence-corrected chi connectivity index (χ4v) is 2.86. The van der Waals surface area contributed by atoms with Gasteiger partial charge in [-0.15, -0.1) is 0 Å². The lowest BCUT2D eigenvalue weighted by Gasteiger charge is -2.36. The molecule has 0 fully saturated rings. The zero-order chi connectivity index (χ0) is 12.9. The maximum Gasteiger partial charge on any atom is 0.0426 e. The number of rotatable bonds is 0. The van der Waals surface area contributed by atoms with Crippen LogP contribution in [0.3, 0.4) is 0 Å². The minimum Gasteiger partial charge on any atom is -0.355 e. The smallest absolute Gasteiger partial charge is 0.0426 e. The Kier molecular flexibility index (Phi) is 2.28. The summed E-state index contributed by atoms with van der Waals surface area (Å²) in [6.07, 6.45) is 0. The highest BCUT2D eigenvalue weighted by atomic mass is 14.9. The van der Waals surface area contributed by atoms with Crippen LogP contribution in [0.15, 0.2) is 36.4 Å². The average Bonchev–Trinajstić information content (AvgIpc) is 2.32. The van der Waals surface area contributed by atoms with Crippen LogP contribution < -0.4 is 5.32 Å². The summed E-state index contributed by atoms with van der Waals surface area (Å²) >= 11 is 0. The quantitative estimate of drug-likeness (QED) is 0.701. The van der Waals surface area contributed by atoms with Crippen molar-refractivity contribution in [1.29, 1.82) is 0 Å². The monoisotopic (exact) mass is 237 g/mol. The Hall–Kier alpha value is -1.76. The molecule has 2 aromatic rings. The minimum absolute atomic E-state index is 0.0634. The van der Waals surface area contributed by atoms with Crippen LogP contribution in [-0.4, -0.2) is 0 Å². The van der Waals surface area contributed by atoms with E-state index in [-0.39, 0.29) is 5.41 Å². The molecule has 3 rings (SSSR count). The summed E-state index contributed by atoms with van der Waals surface area (Å²) in [7, 11) is 0. The van der Waals surface area contributed by atoms with Crippen molar-refractivity contribution in [3.63, 3.8) is 0 Å². The van der Waals surface area contributed by atoms with Gasteiger partial charge in [-0.1, -0.05) is 49.2 Å². The Bertz CT molecular complexity index is 570. The molecule has 0 spiro atoms. The number of fused-ring (bicyclic) bond motifs is 2. The van der Waals surface area contributed by atoms with Gasteiger partial charge in [-0.05, 0) is 37.1 Å². The van der Waals surface area contributed by atoms with E-state index in [1.54, 1.807) is 0 Å². The van der Waals surface area contributed by atoms with Crippen LogP contribution in [0.2, 0.25) is 0 Å². The largest absolute Gasteiger partial charge is 0.355 e. The fourth-order valence-electron chi connectivity index (χ4n) is 2.86. The third-order valence-corrected chi connectivity index (χ3v) is 3.97. The molecule has 1 heterocycles. The first kappa shape index (κ1) is 11.3. The highest BCUT2D eigenvalue weighted by Crippen LogP contribution is 2.45. The molecule has 1 nitrogen and oxygen atoms in total. The molecular weight excluding hydrogens is 218 g/mol. The second kappa shape index (κ2) is 3.61. The van der Waals surface area contributed by atoms with E-state index in [1.165, 1.54) is 33.6 Å². The van der Waals surface area contributed by atoms with E-state index < -0.39 is 0 Å². The minimum atomic E-state index is 0.0634. The third-order valence-electron chi connectivity index (χ3n) is 3.97. The molecule has 0 saturated heterocycles. The summed E-state index contributed by atoms with van der Waals surface area (Å²) < 4.78 is 0. The van der Waals surface area contributed by atoms with Gasteiger partial charge in [0, 0.05) is 16.8 Å². The maximum absolute atomic E-state index is 3.55. The van der Waals surface area contributed by atoms with Gasteiger partial charge in [0.05, 0.1) is 0 Å². The van der Waals surface area contributed by atoms with Gasteiger partial charge in [-0.3, -0.25) is 0 Å². The van der Waals surface area contributed by atoms with Crippen molar-refractivity contribution in [3.8, 4) is 0 Å². The van der Waals surface area contributed by atoms with E-state index in [0.29, 0.717) is 0 Å². The van der Waals surface area contributed by atoms with E-state index in [4.69, 9.17) is 0 Å². The van der Waals surface area contributed by atoms with Gasteiger partial charge >= 0.3 is 0 Å². The molecule has 1 aliphatic heterocycles. The number of aryl methyl sites for hydroxylation is 2. The molecule has 0 aromatic heterocycles. The highest BCUT2D eigenvalue weighted by molar-refractivity contribution is 5.76. The van der Waals surface area contributed by atoms with Crippen molar-refractivity contribution >= 4 is 11.4 Å². The van der Waals surface area contributed by atoms with E-state index in [0.717, 1.165) is 0 Å². The summed E-state index contributed by atoms with van der Waals surface area (Å²) in [4.78, 5) is 0. The zero-order valence-corrected chi connectivity index (χ0v) is 11.5. The Morgan fingerprint density at radius 3 is 1.67 bits per heavy atom. The van der Waals surface area contributed by atoms with Crippen molar-refractivity contribution in [3.05, 3.63) is 58.7 Å². The lowest BCUT2D eigenvalue weighted by molar-refractivity contribution is 0.637. The van der Waals surface area contributed by atoms with Crippen LogP contribution in [0.4, 0.5) is 11.4 Å². The second-order valence-corrected chi connectivity index (χ2v) is 5.85. The van der Waals surface area contributed by atoms with Crippen molar-refractivity contribution in [1.82, 2.24) is 0 Å². The number of anilines is 2. The Labute approximate surface area is 109 Å². The van der Waals surface area contributed by atoms with Crippen LogP contribution in [0.1, 0.15) is 36.1 Å². The topological polar surface area (TPSA) is 12.0 Å². The number of hydrogen-bond acceptors (Lipinski definition) is 1. The molecule has 2 aromatic carbocycles. The van der Waals surface area contributed by atoms with E-state index in [9.17, 15) is 0 Å². The molecule has 1 heteroatoms. The molecule has 0 atom stereocenters. The first-order valence-electron chi connectivity index (χ1n) is 6.48. The van der Waals surface area contributed by atoms with Gasteiger partial charge in [0.15, 0.2) is 0 Å². The lowest BCUT2D eigenvalue weighted by atomic mass is 9.73. The second-order valence-electron chi connectivity index (χ2n) is 5.85. The summed E-state index contributed by atoms with van der Waals surface area (Å²) in [6.45, 7) is 8.93. The number of hydrogen-bond donors (Lipinski definition) is 1. The molecule has 0 unspecified atom stereocenters. The molecule has 0 radical (unpaired) electrons. The van der Waals surface area contributed by atoms with Crippen LogP contribution in [0, 0.1) is 13.8 Å². The van der Waals surface area contributed by atoms with Crippen LogP contribution in [0.25, 0.3) is 0 Å². The molecule has 92 valence electrons. The van der Waals surface area contributed by atoms with Gasteiger partial charge in [-0.25, -0.2) is 0 Å².